The van der Waals surface area contributed by atoms with E-state index in [1.54, 1.807) is 36.7 Å². The zero-order valence-electron chi connectivity index (χ0n) is 18.4. The minimum atomic E-state index is -0.809. The van der Waals surface area contributed by atoms with Gasteiger partial charge in [0.1, 0.15) is 5.76 Å². The monoisotopic (exact) mass is 455 g/mol. The molecule has 0 spiro atoms. The first kappa shape index (κ1) is 21.0. The van der Waals surface area contributed by atoms with E-state index in [9.17, 15) is 14.7 Å². The smallest absolute Gasteiger partial charge is 0.301 e. The molecule has 33 heavy (non-hydrogen) atoms. The van der Waals surface area contributed by atoms with Crippen LogP contribution in [-0.2, 0) is 9.59 Å². The zero-order valence-corrected chi connectivity index (χ0v) is 19.2. The Morgan fingerprint density at radius 3 is 2.36 bits per heavy atom. The minimum absolute atomic E-state index is 0.0437. The number of carbonyl (C=O) groups excluding carboxylic acids is 2. The van der Waals surface area contributed by atoms with Gasteiger partial charge in [-0.2, -0.15) is 0 Å². The molecule has 2 aromatic heterocycles. The number of ketones is 1. The summed E-state index contributed by atoms with van der Waals surface area (Å²) in [4.78, 5) is 36.7. The molecule has 0 bridgehead atoms. The standard InChI is InChI=1S/C26H21N3O3S/c1-14-4-6-18(7-5-14)23(30)20-22(17-8-10-27-11-9-17)29(25(32)24(20)31)26-28-21-16(3)12-15(2)13-19(21)33-26/h4-13,22,30H,1-3H3/b23-20+. The van der Waals surface area contributed by atoms with Gasteiger partial charge in [0.05, 0.1) is 21.8 Å². The summed E-state index contributed by atoms with van der Waals surface area (Å²) in [5.41, 5.74) is 5.12. The highest BCUT2D eigenvalue weighted by Crippen LogP contribution is 2.44. The van der Waals surface area contributed by atoms with Crippen LogP contribution < -0.4 is 4.90 Å². The van der Waals surface area contributed by atoms with Crippen molar-refractivity contribution in [3.05, 3.63) is 94.3 Å². The lowest BCUT2D eigenvalue weighted by atomic mass is 9.96. The van der Waals surface area contributed by atoms with E-state index < -0.39 is 17.7 Å². The van der Waals surface area contributed by atoms with Crippen molar-refractivity contribution in [2.75, 3.05) is 4.90 Å². The van der Waals surface area contributed by atoms with Crippen molar-refractivity contribution >= 4 is 44.1 Å². The Morgan fingerprint density at radius 1 is 0.970 bits per heavy atom. The Balaban J connectivity index is 1.73. The highest BCUT2D eigenvalue weighted by Gasteiger charge is 2.48. The first-order chi connectivity index (χ1) is 15.8. The number of hydrogen-bond acceptors (Lipinski definition) is 6. The third-order valence-electron chi connectivity index (χ3n) is 5.82. The van der Waals surface area contributed by atoms with Gasteiger partial charge in [0, 0.05) is 18.0 Å². The molecule has 1 aliphatic rings. The Labute approximate surface area is 194 Å². The van der Waals surface area contributed by atoms with Gasteiger partial charge in [-0.05, 0) is 55.7 Å². The van der Waals surface area contributed by atoms with Gasteiger partial charge in [-0.1, -0.05) is 47.2 Å². The number of amides is 1. The number of thiazole rings is 1. The molecule has 1 fully saturated rings. The molecule has 2 aromatic carbocycles. The number of nitrogens with zero attached hydrogens (tertiary/aromatic N) is 3. The maximum absolute atomic E-state index is 13.3. The molecule has 6 nitrogen and oxygen atoms in total. The van der Waals surface area contributed by atoms with Crippen LogP contribution in [0, 0.1) is 20.8 Å². The predicted octanol–water partition coefficient (Wildman–Crippen LogP) is 5.24. The molecule has 0 saturated carbocycles. The first-order valence-corrected chi connectivity index (χ1v) is 11.3. The van der Waals surface area contributed by atoms with E-state index in [2.05, 4.69) is 4.98 Å². The Morgan fingerprint density at radius 2 is 1.67 bits per heavy atom. The van der Waals surface area contributed by atoms with E-state index in [0.717, 1.165) is 26.9 Å². The van der Waals surface area contributed by atoms with Gasteiger partial charge in [-0.25, -0.2) is 4.98 Å². The fourth-order valence-electron chi connectivity index (χ4n) is 4.22. The minimum Gasteiger partial charge on any atom is -0.507 e. The summed E-state index contributed by atoms with van der Waals surface area (Å²) in [6.45, 7) is 5.93. The summed E-state index contributed by atoms with van der Waals surface area (Å²) in [5.74, 6) is -1.65. The number of hydrogen-bond donors (Lipinski definition) is 1. The Bertz CT molecular complexity index is 1440. The van der Waals surface area contributed by atoms with E-state index >= 15 is 0 Å². The van der Waals surface area contributed by atoms with E-state index in [-0.39, 0.29) is 11.3 Å². The van der Waals surface area contributed by atoms with Crippen molar-refractivity contribution < 1.29 is 14.7 Å². The molecule has 1 amide bonds. The van der Waals surface area contributed by atoms with Gasteiger partial charge in [0.25, 0.3) is 5.78 Å². The molecule has 164 valence electrons. The second-order valence-electron chi connectivity index (χ2n) is 8.24. The van der Waals surface area contributed by atoms with Crippen LogP contribution in [0.5, 0.6) is 0 Å². The molecule has 0 radical (unpaired) electrons. The molecule has 1 N–H and O–H groups in total. The Kier molecular flexibility index (Phi) is 5.06. The second kappa shape index (κ2) is 7.94. The van der Waals surface area contributed by atoms with Crippen LogP contribution in [-0.4, -0.2) is 26.8 Å². The summed E-state index contributed by atoms with van der Waals surface area (Å²) in [6.07, 6.45) is 3.21. The largest absolute Gasteiger partial charge is 0.507 e. The number of aryl methyl sites for hydroxylation is 3. The first-order valence-electron chi connectivity index (χ1n) is 10.5. The molecule has 3 heterocycles. The van der Waals surface area contributed by atoms with Gasteiger partial charge in [0.15, 0.2) is 5.13 Å². The van der Waals surface area contributed by atoms with Crippen LogP contribution in [0.15, 0.2) is 66.5 Å². The number of aliphatic hydroxyl groups is 1. The number of fused-ring (bicyclic) bond motifs is 1. The van der Waals surface area contributed by atoms with E-state index in [0.29, 0.717) is 16.3 Å². The number of Topliss-reactive ketones (excluding diaryl/α,β-unsaturated/α-hetero) is 1. The number of pyridine rings is 1. The molecule has 5 rings (SSSR count). The average molecular weight is 456 g/mol. The number of aliphatic hydroxyl groups excluding tert-OH is 1. The Hall–Kier alpha value is -3.84. The normalized spacial score (nSPS) is 17.8. The second-order valence-corrected chi connectivity index (χ2v) is 9.25. The van der Waals surface area contributed by atoms with E-state index in [1.165, 1.54) is 16.2 Å². The van der Waals surface area contributed by atoms with Crippen LogP contribution in [0.2, 0.25) is 0 Å². The molecule has 1 atom stereocenters. The molecular formula is C26H21N3O3S. The summed E-state index contributed by atoms with van der Waals surface area (Å²) >= 11 is 1.36. The number of carbonyl (C=O) groups is 2. The molecule has 1 aliphatic heterocycles. The summed E-state index contributed by atoms with van der Waals surface area (Å²) in [6, 6.07) is 13.9. The maximum atomic E-state index is 13.3. The van der Waals surface area contributed by atoms with Crippen LogP contribution in [0.4, 0.5) is 5.13 Å². The lowest BCUT2D eigenvalue weighted by molar-refractivity contribution is -0.132. The third kappa shape index (κ3) is 3.50. The van der Waals surface area contributed by atoms with E-state index in [1.807, 2.05) is 45.0 Å². The van der Waals surface area contributed by atoms with Crippen LogP contribution in [0.25, 0.3) is 16.0 Å². The van der Waals surface area contributed by atoms with Crippen molar-refractivity contribution in [1.82, 2.24) is 9.97 Å². The van der Waals surface area contributed by atoms with Crippen molar-refractivity contribution in [2.24, 2.45) is 0 Å². The van der Waals surface area contributed by atoms with Crippen molar-refractivity contribution in [2.45, 2.75) is 26.8 Å². The molecular weight excluding hydrogens is 434 g/mol. The maximum Gasteiger partial charge on any atom is 0.301 e. The van der Waals surface area contributed by atoms with Gasteiger partial charge in [-0.3, -0.25) is 19.5 Å². The third-order valence-corrected chi connectivity index (χ3v) is 6.82. The SMILES string of the molecule is Cc1ccc(/C(O)=C2\C(=O)C(=O)N(c3nc4c(C)cc(C)cc4s3)C2c2ccncc2)cc1. The van der Waals surface area contributed by atoms with E-state index in [4.69, 9.17) is 4.98 Å². The summed E-state index contributed by atoms with van der Waals surface area (Å²) in [7, 11) is 0. The van der Waals surface area contributed by atoms with Crippen molar-refractivity contribution in [3.8, 4) is 0 Å². The summed E-state index contributed by atoms with van der Waals surface area (Å²) in [5, 5.41) is 11.6. The van der Waals surface area contributed by atoms with Gasteiger partial charge in [-0.15, -0.1) is 0 Å². The number of rotatable bonds is 3. The average Bonchev–Trinajstić information content (AvgIpc) is 3.33. The molecule has 4 aromatic rings. The van der Waals surface area contributed by atoms with Crippen LogP contribution >= 0.6 is 11.3 Å². The van der Waals surface area contributed by atoms with Crippen molar-refractivity contribution in [3.63, 3.8) is 0 Å². The lowest BCUT2D eigenvalue weighted by Gasteiger charge is -2.22. The zero-order chi connectivity index (χ0) is 23.3. The number of benzene rings is 2. The van der Waals surface area contributed by atoms with Gasteiger partial charge < -0.3 is 5.11 Å². The number of anilines is 1. The summed E-state index contributed by atoms with van der Waals surface area (Å²) < 4.78 is 0.941. The molecule has 1 saturated heterocycles. The molecule has 1 unspecified atom stereocenters. The quantitative estimate of drug-likeness (QED) is 0.259. The predicted molar refractivity (Wildman–Crippen MR) is 129 cm³/mol. The fourth-order valence-corrected chi connectivity index (χ4v) is 5.39. The lowest BCUT2D eigenvalue weighted by Crippen LogP contribution is -2.29. The number of aromatic nitrogens is 2. The van der Waals surface area contributed by atoms with Gasteiger partial charge >= 0.3 is 5.91 Å². The highest BCUT2D eigenvalue weighted by molar-refractivity contribution is 7.22. The van der Waals surface area contributed by atoms with Crippen molar-refractivity contribution in [1.29, 1.82) is 0 Å². The van der Waals surface area contributed by atoms with Crippen LogP contribution in [0.1, 0.15) is 33.9 Å². The fraction of sp³-hybridized carbons (Fsp3) is 0.154. The molecule has 7 heteroatoms. The molecule has 0 aliphatic carbocycles. The topological polar surface area (TPSA) is 83.4 Å². The van der Waals surface area contributed by atoms with Crippen LogP contribution in [0.3, 0.4) is 0 Å². The van der Waals surface area contributed by atoms with Gasteiger partial charge in [0.2, 0.25) is 0 Å². The highest BCUT2D eigenvalue weighted by atomic mass is 32.1.